The number of nitrogens with one attached hydrogen (secondary N) is 1. The average molecular weight is 277 g/mol. The molecule has 0 heterocycles. The number of rotatable bonds is 2. The SMILES string of the molecule is Cc1ccccc1NC(=O)C(C)(Cl)Br. The zero-order chi connectivity index (χ0) is 10.8. The van der Waals surface area contributed by atoms with Crippen LogP contribution in [0.25, 0.3) is 0 Å². The fourth-order valence-electron chi connectivity index (χ4n) is 0.945. The van der Waals surface area contributed by atoms with Gasteiger partial charge in [0.25, 0.3) is 5.91 Å². The van der Waals surface area contributed by atoms with Gasteiger partial charge in [0.05, 0.1) is 0 Å². The lowest BCUT2D eigenvalue weighted by Gasteiger charge is -2.14. The molecule has 0 aromatic heterocycles. The number of hydrogen-bond acceptors (Lipinski definition) is 1. The van der Waals surface area contributed by atoms with Gasteiger partial charge in [-0.1, -0.05) is 45.7 Å². The van der Waals surface area contributed by atoms with Crippen LogP contribution in [0.2, 0.25) is 0 Å². The molecule has 1 amide bonds. The molecular formula is C10H11BrClNO. The smallest absolute Gasteiger partial charge is 0.256 e. The molecule has 0 aliphatic heterocycles. The monoisotopic (exact) mass is 275 g/mol. The fraction of sp³-hybridized carbons (Fsp3) is 0.300. The number of aryl methyl sites for hydroxylation is 1. The Balaban J connectivity index is 2.80. The lowest BCUT2D eigenvalue weighted by molar-refractivity contribution is -0.116. The highest BCUT2D eigenvalue weighted by atomic mass is 79.9. The molecule has 0 fully saturated rings. The van der Waals surface area contributed by atoms with Crippen molar-refractivity contribution in [1.82, 2.24) is 0 Å². The number of amides is 1. The summed E-state index contributed by atoms with van der Waals surface area (Å²) >= 11 is 8.87. The third-order valence-corrected chi connectivity index (χ3v) is 2.32. The largest absolute Gasteiger partial charge is 0.324 e. The predicted octanol–water partition coefficient (Wildman–Crippen LogP) is 3.28. The van der Waals surface area contributed by atoms with Gasteiger partial charge in [0, 0.05) is 5.69 Å². The van der Waals surface area contributed by atoms with Crippen molar-refractivity contribution in [1.29, 1.82) is 0 Å². The summed E-state index contributed by atoms with van der Waals surface area (Å²) in [6, 6.07) is 7.54. The van der Waals surface area contributed by atoms with Gasteiger partial charge in [-0.05, 0) is 25.5 Å². The van der Waals surface area contributed by atoms with Crippen molar-refractivity contribution in [2.24, 2.45) is 0 Å². The molecule has 1 unspecified atom stereocenters. The Morgan fingerprint density at radius 3 is 2.57 bits per heavy atom. The molecule has 14 heavy (non-hydrogen) atoms. The van der Waals surface area contributed by atoms with E-state index in [1.54, 1.807) is 6.92 Å². The van der Waals surface area contributed by atoms with Crippen molar-refractivity contribution in [3.05, 3.63) is 29.8 Å². The molecule has 2 nitrogen and oxygen atoms in total. The van der Waals surface area contributed by atoms with Crippen LogP contribution in [-0.2, 0) is 4.79 Å². The maximum absolute atomic E-state index is 11.5. The molecule has 0 aliphatic carbocycles. The van der Waals surface area contributed by atoms with E-state index in [-0.39, 0.29) is 5.91 Å². The van der Waals surface area contributed by atoms with Crippen molar-refractivity contribution < 1.29 is 4.79 Å². The van der Waals surface area contributed by atoms with Crippen molar-refractivity contribution in [2.45, 2.75) is 17.6 Å². The van der Waals surface area contributed by atoms with Gasteiger partial charge in [0.2, 0.25) is 0 Å². The van der Waals surface area contributed by atoms with Crippen molar-refractivity contribution in [2.75, 3.05) is 5.32 Å². The molecule has 1 N–H and O–H groups in total. The zero-order valence-electron chi connectivity index (χ0n) is 7.97. The first-order valence-electron chi connectivity index (χ1n) is 4.16. The van der Waals surface area contributed by atoms with Crippen molar-refractivity contribution in [3.8, 4) is 0 Å². The van der Waals surface area contributed by atoms with Crippen LogP contribution in [0.15, 0.2) is 24.3 Å². The number of anilines is 1. The minimum Gasteiger partial charge on any atom is -0.324 e. The summed E-state index contributed by atoms with van der Waals surface area (Å²) in [6.07, 6.45) is 0. The van der Waals surface area contributed by atoms with E-state index in [0.29, 0.717) is 0 Å². The summed E-state index contributed by atoms with van der Waals surface area (Å²) < 4.78 is -1.06. The molecule has 0 spiro atoms. The topological polar surface area (TPSA) is 29.1 Å². The molecule has 4 heteroatoms. The van der Waals surface area contributed by atoms with Crippen LogP contribution in [0.4, 0.5) is 5.69 Å². The molecule has 76 valence electrons. The number of para-hydroxylation sites is 1. The minimum atomic E-state index is -1.06. The number of carbonyl (C=O) groups is 1. The lowest BCUT2D eigenvalue weighted by Crippen LogP contribution is -2.28. The zero-order valence-corrected chi connectivity index (χ0v) is 10.3. The van der Waals surface area contributed by atoms with E-state index in [1.165, 1.54) is 0 Å². The molecule has 1 rings (SSSR count). The van der Waals surface area contributed by atoms with Crippen molar-refractivity contribution in [3.63, 3.8) is 0 Å². The highest BCUT2D eigenvalue weighted by molar-refractivity contribution is 9.10. The summed E-state index contributed by atoms with van der Waals surface area (Å²) in [5.41, 5.74) is 1.79. The van der Waals surface area contributed by atoms with Crippen LogP contribution in [0.3, 0.4) is 0 Å². The number of alkyl halides is 2. The van der Waals surface area contributed by atoms with E-state index < -0.39 is 3.78 Å². The van der Waals surface area contributed by atoms with E-state index in [2.05, 4.69) is 21.2 Å². The van der Waals surface area contributed by atoms with E-state index in [4.69, 9.17) is 11.6 Å². The van der Waals surface area contributed by atoms with E-state index >= 15 is 0 Å². The minimum absolute atomic E-state index is 0.270. The van der Waals surface area contributed by atoms with Crippen LogP contribution >= 0.6 is 27.5 Å². The highest BCUT2D eigenvalue weighted by Crippen LogP contribution is 2.25. The van der Waals surface area contributed by atoms with Gasteiger partial charge in [-0.3, -0.25) is 4.79 Å². The van der Waals surface area contributed by atoms with Crippen molar-refractivity contribution >= 4 is 39.1 Å². The molecule has 0 saturated heterocycles. The first kappa shape index (κ1) is 11.5. The molecule has 0 aliphatic rings. The van der Waals surface area contributed by atoms with Gasteiger partial charge in [-0.2, -0.15) is 0 Å². The summed E-state index contributed by atoms with van der Waals surface area (Å²) in [4.78, 5) is 11.5. The second-order valence-electron chi connectivity index (χ2n) is 3.16. The van der Waals surface area contributed by atoms with E-state index in [9.17, 15) is 4.79 Å². The first-order valence-corrected chi connectivity index (χ1v) is 5.33. The van der Waals surface area contributed by atoms with Gasteiger partial charge in [-0.25, -0.2) is 0 Å². The molecular weight excluding hydrogens is 265 g/mol. The standard InChI is InChI=1S/C10H11BrClNO/c1-7-5-3-4-6-8(7)13-9(14)10(2,11)12/h3-6H,1-2H3,(H,13,14). The summed E-state index contributed by atoms with van der Waals surface area (Å²) in [5.74, 6) is -0.270. The summed E-state index contributed by atoms with van der Waals surface area (Å²) in [6.45, 7) is 3.51. The second-order valence-corrected chi connectivity index (χ2v) is 5.96. The molecule has 1 aromatic rings. The predicted molar refractivity (Wildman–Crippen MR) is 63.0 cm³/mol. The van der Waals surface area contributed by atoms with Crippen LogP contribution in [-0.4, -0.2) is 9.69 Å². The van der Waals surface area contributed by atoms with Gasteiger partial charge in [-0.15, -0.1) is 0 Å². The molecule has 1 atom stereocenters. The van der Waals surface area contributed by atoms with Crippen LogP contribution in [0.5, 0.6) is 0 Å². The Bertz CT molecular complexity index is 346. The Morgan fingerprint density at radius 1 is 1.50 bits per heavy atom. The number of hydrogen-bond donors (Lipinski definition) is 1. The average Bonchev–Trinajstić information content (AvgIpc) is 2.07. The summed E-state index contributed by atoms with van der Waals surface area (Å²) in [7, 11) is 0. The Hall–Kier alpha value is -0.540. The second kappa shape index (κ2) is 4.32. The molecule has 0 radical (unpaired) electrons. The van der Waals surface area contributed by atoms with E-state index in [1.807, 2.05) is 31.2 Å². The lowest BCUT2D eigenvalue weighted by atomic mass is 10.2. The van der Waals surface area contributed by atoms with Crippen LogP contribution < -0.4 is 5.32 Å². The number of benzene rings is 1. The van der Waals surface area contributed by atoms with Gasteiger partial charge < -0.3 is 5.32 Å². The molecule has 1 aromatic carbocycles. The molecule has 0 saturated carbocycles. The van der Waals surface area contributed by atoms with Crippen LogP contribution in [0.1, 0.15) is 12.5 Å². The third kappa shape index (κ3) is 3.00. The Kier molecular flexibility index (Phi) is 3.56. The third-order valence-electron chi connectivity index (χ3n) is 1.79. The normalized spacial score (nSPS) is 14.6. The Morgan fingerprint density at radius 2 is 2.07 bits per heavy atom. The van der Waals surface area contributed by atoms with Crippen LogP contribution in [0, 0.1) is 6.92 Å². The number of halogens is 2. The summed E-state index contributed by atoms with van der Waals surface area (Å²) in [5, 5.41) is 2.73. The maximum Gasteiger partial charge on any atom is 0.256 e. The Labute approximate surface area is 96.8 Å². The van der Waals surface area contributed by atoms with E-state index in [0.717, 1.165) is 11.3 Å². The molecule has 0 bridgehead atoms. The number of carbonyl (C=O) groups excluding carboxylic acids is 1. The van der Waals surface area contributed by atoms with Gasteiger partial charge in [0.1, 0.15) is 0 Å². The highest BCUT2D eigenvalue weighted by Gasteiger charge is 2.26. The van der Waals surface area contributed by atoms with Gasteiger partial charge >= 0.3 is 0 Å². The van der Waals surface area contributed by atoms with Gasteiger partial charge in [0.15, 0.2) is 3.78 Å². The quantitative estimate of drug-likeness (QED) is 0.825. The first-order chi connectivity index (χ1) is 6.41. The maximum atomic E-state index is 11.5. The fourth-order valence-corrected chi connectivity index (χ4v) is 1.09.